The predicted octanol–water partition coefficient (Wildman–Crippen LogP) is 23.1. The van der Waals surface area contributed by atoms with Gasteiger partial charge in [0, 0.05) is 12.8 Å². The Labute approximate surface area is 489 Å². The number of aliphatic hydroxyl groups excluding tert-OH is 2. The number of carbonyl (C=O) groups excluding carboxylic acids is 2. The molecule has 0 fully saturated rings. The summed E-state index contributed by atoms with van der Waals surface area (Å²) in [6.45, 7) is 4.99. The maximum atomic E-state index is 12.5. The highest BCUT2D eigenvalue weighted by atomic mass is 16.5. The minimum Gasteiger partial charge on any atom is -0.466 e. The fourth-order valence-corrected chi connectivity index (χ4v) is 11.6. The van der Waals surface area contributed by atoms with E-state index < -0.39 is 12.1 Å². The second-order valence-electron chi connectivity index (χ2n) is 24.9. The summed E-state index contributed by atoms with van der Waals surface area (Å²) in [7, 11) is 0. The van der Waals surface area contributed by atoms with E-state index in [1.807, 2.05) is 0 Å². The quantitative estimate of drug-likeness (QED) is 0.0320. The van der Waals surface area contributed by atoms with Gasteiger partial charge in [0.2, 0.25) is 5.91 Å². The smallest absolute Gasteiger partial charge is 0.305 e. The zero-order valence-corrected chi connectivity index (χ0v) is 53.2. The SMILES string of the molecule is CCCCCCCCCCCCCCCCCCCC(=O)OCCCCCCCCCCCCCC/C=C\CCCCCCCCCCCCCCCCCCCC(=O)NC(CO)C(O)CCCCCCCCCCCCC. The van der Waals surface area contributed by atoms with Gasteiger partial charge in [0.1, 0.15) is 0 Å². The molecule has 0 aromatic heterocycles. The lowest BCUT2D eigenvalue weighted by Gasteiger charge is -2.22. The van der Waals surface area contributed by atoms with Gasteiger partial charge in [-0.3, -0.25) is 9.59 Å². The molecule has 2 unspecified atom stereocenters. The van der Waals surface area contributed by atoms with Crippen molar-refractivity contribution >= 4 is 11.9 Å². The molecule has 0 aliphatic heterocycles. The van der Waals surface area contributed by atoms with Crippen LogP contribution in [-0.2, 0) is 14.3 Å². The van der Waals surface area contributed by atoms with Crippen molar-refractivity contribution in [1.29, 1.82) is 0 Å². The number of aliphatic hydroxyl groups is 2. The maximum absolute atomic E-state index is 12.5. The van der Waals surface area contributed by atoms with E-state index in [0.717, 1.165) is 38.5 Å². The minimum atomic E-state index is -0.660. The number of rotatable bonds is 68. The zero-order chi connectivity index (χ0) is 56.4. The second-order valence-corrected chi connectivity index (χ2v) is 24.9. The Kier molecular flexibility index (Phi) is 66.9. The zero-order valence-electron chi connectivity index (χ0n) is 53.2. The van der Waals surface area contributed by atoms with Gasteiger partial charge in [0.25, 0.3) is 0 Å². The molecular weight excluding hydrogens is 959 g/mol. The molecule has 0 radical (unpaired) electrons. The number of ether oxygens (including phenoxy) is 1. The molecule has 6 nitrogen and oxygen atoms in total. The fraction of sp³-hybridized carbons (Fsp3) is 0.944. The van der Waals surface area contributed by atoms with Crippen molar-refractivity contribution in [3.63, 3.8) is 0 Å². The van der Waals surface area contributed by atoms with Crippen molar-refractivity contribution in [3.05, 3.63) is 12.2 Å². The van der Waals surface area contributed by atoms with Crippen LogP contribution in [0.25, 0.3) is 0 Å². The summed E-state index contributed by atoms with van der Waals surface area (Å²) in [5, 5.41) is 23.2. The van der Waals surface area contributed by atoms with Crippen LogP contribution in [0.4, 0.5) is 0 Å². The first-order valence-corrected chi connectivity index (χ1v) is 35.9. The molecule has 0 aromatic rings. The lowest BCUT2D eigenvalue weighted by atomic mass is 10.0. The summed E-state index contributed by atoms with van der Waals surface area (Å²) in [6.07, 6.45) is 84.3. The van der Waals surface area contributed by atoms with Gasteiger partial charge >= 0.3 is 5.97 Å². The molecule has 2 atom stereocenters. The third-order valence-electron chi connectivity index (χ3n) is 17.1. The number of amides is 1. The largest absolute Gasteiger partial charge is 0.466 e. The van der Waals surface area contributed by atoms with Gasteiger partial charge in [-0.15, -0.1) is 0 Å². The lowest BCUT2D eigenvalue weighted by molar-refractivity contribution is -0.143. The number of nitrogens with one attached hydrogen (secondary N) is 1. The van der Waals surface area contributed by atoms with Crippen molar-refractivity contribution in [2.24, 2.45) is 0 Å². The molecule has 1 amide bonds. The van der Waals surface area contributed by atoms with E-state index >= 15 is 0 Å². The number of unbranched alkanes of at least 4 members (excludes halogenated alkanes) is 55. The highest BCUT2D eigenvalue weighted by Crippen LogP contribution is 2.19. The van der Waals surface area contributed by atoms with Crippen molar-refractivity contribution in [2.75, 3.05) is 13.2 Å². The van der Waals surface area contributed by atoms with Crippen LogP contribution in [0.2, 0.25) is 0 Å². The van der Waals surface area contributed by atoms with E-state index in [1.54, 1.807) is 0 Å². The molecule has 0 saturated heterocycles. The van der Waals surface area contributed by atoms with Gasteiger partial charge in [0.15, 0.2) is 0 Å². The lowest BCUT2D eigenvalue weighted by Crippen LogP contribution is -2.45. The Balaban J connectivity index is 3.31. The van der Waals surface area contributed by atoms with Crippen LogP contribution in [0.3, 0.4) is 0 Å². The maximum Gasteiger partial charge on any atom is 0.305 e. The average Bonchev–Trinajstić information content (AvgIpc) is 3.44. The number of esters is 1. The number of hydrogen-bond donors (Lipinski definition) is 3. The Hall–Kier alpha value is -1.40. The molecule has 3 N–H and O–H groups in total. The molecule has 78 heavy (non-hydrogen) atoms. The van der Waals surface area contributed by atoms with Crippen LogP contribution >= 0.6 is 0 Å². The topological polar surface area (TPSA) is 95.9 Å². The highest BCUT2D eigenvalue weighted by molar-refractivity contribution is 5.76. The van der Waals surface area contributed by atoms with E-state index in [2.05, 4.69) is 31.3 Å². The molecule has 0 rings (SSSR count). The van der Waals surface area contributed by atoms with E-state index in [4.69, 9.17) is 4.74 Å². The Morgan fingerprint density at radius 2 is 0.603 bits per heavy atom. The molecular formula is C72H141NO5. The van der Waals surface area contributed by atoms with Crippen molar-refractivity contribution in [1.82, 2.24) is 5.32 Å². The van der Waals surface area contributed by atoms with Gasteiger partial charge in [-0.1, -0.05) is 360 Å². The first-order chi connectivity index (χ1) is 38.5. The Bertz CT molecular complexity index is 1180. The van der Waals surface area contributed by atoms with Gasteiger partial charge < -0.3 is 20.3 Å². The van der Waals surface area contributed by atoms with Gasteiger partial charge in [-0.25, -0.2) is 0 Å². The van der Waals surface area contributed by atoms with Crippen LogP contribution in [0.15, 0.2) is 12.2 Å². The summed E-state index contributed by atoms with van der Waals surface area (Å²) in [5.41, 5.74) is 0. The summed E-state index contributed by atoms with van der Waals surface area (Å²) >= 11 is 0. The van der Waals surface area contributed by atoms with E-state index in [9.17, 15) is 19.8 Å². The first-order valence-electron chi connectivity index (χ1n) is 35.9. The van der Waals surface area contributed by atoms with Crippen LogP contribution in [0.5, 0.6) is 0 Å². The fourth-order valence-electron chi connectivity index (χ4n) is 11.6. The molecule has 0 spiro atoms. The first kappa shape index (κ1) is 76.6. The minimum absolute atomic E-state index is 0.0235. The molecule has 0 aliphatic carbocycles. The van der Waals surface area contributed by atoms with Gasteiger partial charge in [0.05, 0.1) is 25.4 Å². The molecule has 6 heteroatoms. The molecule has 0 heterocycles. The van der Waals surface area contributed by atoms with Gasteiger partial charge in [-0.05, 0) is 51.4 Å². The number of hydrogen-bond acceptors (Lipinski definition) is 5. The molecule has 0 saturated carbocycles. The van der Waals surface area contributed by atoms with Crippen LogP contribution in [0.1, 0.15) is 412 Å². The normalized spacial score (nSPS) is 12.5. The van der Waals surface area contributed by atoms with Crippen molar-refractivity contribution < 1.29 is 24.5 Å². The number of allylic oxidation sites excluding steroid dienone is 2. The highest BCUT2D eigenvalue weighted by Gasteiger charge is 2.20. The molecule has 0 aliphatic rings. The van der Waals surface area contributed by atoms with E-state index in [1.165, 1.54) is 340 Å². The second kappa shape index (κ2) is 68.1. The monoisotopic (exact) mass is 1100 g/mol. The Morgan fingerprint density at radius 1 is 0.346 bits per heavy atom. The van der Waals surface area contributed by atoms with E-state index in [-0.39, 0.29) is 18.5 Å². The standard InChI is InChI=1S/C72H141NO5/c1-3-5-7-9-11-13-15-16-17-35-39-42-46-50-54-58-62-66-72(77)78-67-63-59-55-51-47-43-40-37-34-32-30-28-26-24-22-20-18-19-21-23-25-27-29-31-33-36-38-41-45-49-53-57-61-65-71(76)73-69(68-74)70(75)64-60-56-52-48-44-14-12-10-8-6-4-2/h22,24,69-70,74-75H,3-21,23,25-68H2,1-2H3,(H,73,76)/b24-22-. The molecule has 464 valence electrons. The third kappa shape index (κ3) is 63.8. The predicted molar refractivity (Wildman–Crippen MR) is 343 cm³/mol. The van der Waals surface area contributed by atoms with Crippen molar-refractivity contribution in [3.8, 4) is 0 Å². The average molecular weight is 1100 g/mol. The van der Waals surface area contributed by atoms with Crippen LogP contribution in [-0.4, -0.2) is 47.4 Å². The van der Waals surface area contributed by atoms with E-state index in [0.29, 0.717) is 25.9 Å². The third-order valence-corrected chi connectivity index (χ3v) is 17.1. The molecule has 0 aromatic carbocycles. The summed E-state index contributed by atoms with van der Waals surface area (Å²) in [6, 6.07) is -0.537. The summed E-state index contributed by atoms with van der Waals surface area (Å²) < 4.78 is 5.51. The number of carbonyl (C=O) groups is 2. The molecule has 0 bridgehead atoms. The summed E-state index contributed by atoms with van der Waals surface area (Å²) in [5.74, 6) is -0.00702. The summed E-state index contributed by atoms with van der Waals surface area (Å²) in [4.78, 5) is 24.6. The van der Waals surface area contributed by atoms with Crippen LogP contribution < -0.4 is 5.32 Å². The Morgan fingerprint density at radius 3 is 0.910 bits per heavy atom. The van der Waals surface area contributed by atoms with Crippen molar-refractivity contribution in [2.45, 2.75) is 424 Å². The van der Waals surface area contributed by atoms with Crippen LogP contribution in [0, 0.1) is 0 Å². The van der Waals surface area contributed by atoms with Gasteiger partial charge in [-0.2, -0.15) is 0 Å².